The summed E-state index contributed by atoms with van der Waals surface area (Å²) in [4.78, 5) is 1.24. The van der Waals surface area contributed by atoms with E-state index in [0.717, 1.165) is 24.8 Å². The van der Waals surface area contributed by atoms with Crippen LogP contribution in [0, 0.1) is 12.8 Å². The number of aliphatic hydroxyl groups excluding tert-OH is 1. The molecule has 1 N–H and O–H groups in total. The standard InChI is InChI=1S/C14H22O2S/c1-10-5-4-6-14(8-10,16-3)13(15)12-7-11(2)17-9-12/h7,9-10,13,15H,4-6,8H2,1-3H3. The molecule has 3 unspecified atom stereocenters. The third-order valence-corrected chi connectivity index (χ3v) is 4.84. The molecule has 1 aliphatic carbocycles. The fourth-order valence-electron chi connectivity index (χ4n) is 3.00. The highest BCUT2D eigenvalue weighted by atomic mass is 32.1. The van der Waals surface area contributed by atoms with Crippen molar-refractivity contribution in [3.8, 4) is 0 Å². The van der Waals surface area contributed by atoms with Gasteiger partial charge in [0.1, 0.15) is 6.10 Å². The Balaban J connectivity index is 2.22. The van der Waals surface area contributed by atoms with E-state index in [4.69, 9.17) is 4.74 Å². The van der Waals surface area contributed by atoms with Crippen molar-refractivity contribution in [2.24, 2.45) is 5.92 Å². The predicted octanol–water partition coefficient (Wildman–Crippen LogP) is 3.69. The van der Waals surface area contributed by atoms with Crippen molar-refractivity contribution in [3.05, 3.63) is 21.9 Å². The molecule has 0 bridgehead atoms. The Hall–Kier alpha value is -0.380. The normalized spacial score (nSPS) is 31.4. The molecule has 0 aromatic carbocycles. The van der Waals surface area contributed by atoms with Gasteiger partial charge in [-0.25, -0.2) is 0 Å². The molecule has 1 aromatic rings. The van der Waals surface area contributed by atoms with Gasteiger partial charge in [0.05, 0.1) is 5.60 Å². The maximum Gasteiger partial charge on any atom is 0.109 e. The summed E-state index contributed by atoms with van der Waals surface area (Å²) in [5, 5.41) is 12.7. The van der Waals surface area contributed by atoms with Crippen molar-refractivity contribution >= 4 is 11.3 Å². The second kappa shape index (κ2) is 5.09. The van der Waals surface area contributed by atoms with Gasteiger partial charge < -0.3 is 9.84 Å². The topological polar surface area (TPSA) is 29.5 Å². The first-order chi connectivity index (χ1) is 8.07. The van der Waals surface area contributed by atoms with Crippen LogP contribution in [0.5, 0.6) is 0 Å². The first-order valence-corrected chi connectivity index (χ1v) is 7.23. The third-order valence-electron chi connectivity index (χ3n) is 3.96. The van der Waals surface area contributed by atoms with E-state index in [1.165, 1.54) is 11.3 Å². The Kier molecular flexibility index (Phi) is 3.91. The van der Waals surface area contributed by atoms with Gasteiger partial charge in [-0.2, -0.15) is 0 Å². The van der Waals surface area contributed by atoms with Crippen LogP contribution in [0.3, 0.4) is 0 Å². The summed E-state index contributed by atoms with van der Waals surface area (Å²) in [6, 6.07) is 2.08. The minimum Gasteiger partial charge on any atom is -0.385 e. The molecule has 0 spiro atoms. The summed E-state index contributed by atoms with van der Waals surface area (Å²) in [5.74, 6) is 0.637. The molecule has 1 saturated carbocycles. The molecule has 1 fully saturated rings. The van der Waals surface area contributed by atoms with Crippen LogP contribution in [0.1, 0.15) is 49.2 Å². The lowest BCUT2D eigenvalue weighted by Crippen LogP contribution is -2.42. The molecule has 0 radical (unpaired) electrons. The van der Waals surface area contributed by atoms with E-state index < -0.39 is 6.10 Å². The minimum atomic E-state index is -0.486. The number of hydrogen-bond donors (Lipinski definition) is 1. The van der Waals surface area contributed by atoms with Gasteiger partial charge in [-0.3, -0.25) is 0 Å². The largest absolute Gasteiger partial charge is 0.385 e. The van der Waals surface area contributed by atoms with Gasteiger partial charge in [-0.1, -0.05) is 19.8 Å². The predicted molar refractivity (Wildman–Crippen MR) is 71.4 cm³/mol. The molecule has 1 heterocycles. The van der Waals surface area contributed by atoms with Crippen molar-refractivity contribution in [2.45, 2.75) is 51.2 Å². The Morgan fingerprint density at radius 2 is 2.35 bits per heavy atom. The van der Waals surface area contributed by atoms with Crippen LogP contribution in [0.25, 0.3) is 0 Å². The summed E-state index contributed by atoms with van der Waals surface area (Å²) < 4.78 is 5.73. The fraction of sp³-hybridized carbons (Fsp3) is 0.714. The average molecular weight is 254 g/mol. The number of rotatable bonds is 3. The molecular formula is C14H22O2S. The number of aliphatic hydroxyl groups is 1. The number of thiophene rings is 1. The van der Waals surface area contributed by atoms with E-state index in [0.29, 0.717) is 5.92 Å². The Morgan fingerprint density at radius 3 is 2.88 bits per heavy atom. The molecule has 0 aliphatic heterocycles. The lowest BCUT2D eigenvalue weighted by Gasteiger charge is -2.42. The molecule has 2 rings (SSSR count). The lowest BCUT2D eigenvalue weighted by atomic mass is 9.74. The monoisotopic (exact) mass is 254 g/mol. The molecule has 3 heteroatoms. The number of hydrogen-bond acceptors (Lipinski definition) is 3. The Bertz CT molecular complexity index is 374. The van der Waals surface area contributed by atoms with Gasteiger partial charge in [0.15, 0.2) is 0 Å². The maximum atomic E-state index is 10.6. The quantitative estimate of drug-likeness (QED) is 0.891. The molecule has 0 saturated heterocycles. The molecule has 96 valence electrons. The van der Waals surface area contributed by atoms with Crippen molar-refractivity contribution in [3.63, 3.8) is 0 Å². The van der Waals surface area contributed by atoms with Gasteiger partial charge >= 0.3 is 0 Å². The Labute approximate surface area is 108 Å². The zero-order valence-corrected chi connectivity index (χ0v) is 11.7. The summed E-state index contributed by atoms with van der Waals surface area (Å²) in [6.07, 6.45) is 3.83. The second-order valence-corrected chi connectivity index (χ2v) is 6.48. The fourth-order valence-corrected chi connectivity index (χ4v) is 3.72. The molecule has 0 amide bonds. The van der Waals surface area contributed by atoms with Crippen LogP contribution >= 0.6 is 11.3 Å². The molecule has 2 nitrogen and oxygen atoms in total. The van der Waals surface area contributed by atoms with Crippen LogP contribution in [0.2, 0.25) is 0 Å². The number of methoxy groups -OCH3 is 1. The van der Waals surface area contributed by atoms with Crippen LogP contribution in [-0.2, 0) is 4.74 Å². The molecule has 17 heavy (non-hydrogen) atoms. The van der Waals surface area contributed by atoms with Gasteiger partial charge in [-0.15, -0.1) is 11.3 Å². The Morgan fingerprint density at radius 1 is 1.59 bits per heavy atom. The smallest absolute Gasteiger partial charge is 0.109 e. The van der Waals surface area contributed by atoms with E-state index in [1.807, 2.05) is 0 Å². The van der Waals surface area contributed by atoms with Gasteiger partial charge in [0, 0.05) is 12.0 Å². The summed E-state index contributed by atoms with van der Waals surface area (Å²) in [6.45, 7) is 4.32. The average Bonchev–Trinajstić information content (AvgIpc) is 2.74. The highest BCUT2D eigenvalue weighted by molar-refractivity contribution is 7.10. The van der Waals surface area contributed by atoms with Crippen LogP contribution < -0.4 is 0 Å². The zero-order valence-electron chi connectivity index (χ0n) is 10.9. The highest BCUT2D eigenvalue weighted by Gasteiger charge is 2.42. The van der Waals surface area contributed by atoms with Crippen molar-refractivity contribution in [2.75, 3.05) is 7.11 Å². The molecule has 3 atom stereocenters. The van der Waals surface area contributed by atoms with Crippen molar-refractivity contribution in [1.29, 1.82) is 0 Å². The van der Waals surface area contributed by atoms with Crippen LogP contribution in [0.4, 0.5) is 0 Å². The van der Waals surface area contributed by atoms with Crippen molar-refractivity contribution in [1.82, 2.24) is 0 Å². The maximum absolute atomic E-state index is 10.6. The first-order valence-electron chi connectivity index (χ1n) is 6.35. The summed E-state index contributed by atoms with van der Waals surface area (Å²) in [7, 11) is 1.74. The van der Waals surface area contributed by atoms with Crippen LogP contribution in [0.15, 0.2) is 11.4 Å². The van der Waals surface area contributed by atoms with E-state index in [-0.39, 0.29) is 5.60 Å². The summed E-state index contributed by atoms with van der Waals surface area (Å²) in [5.41, 5.74) is 0.647. The lowest BCUT2D eigenvalue weighted by molar-refractivity contribution is -0.134. The van der Waals surface area contributed by atoms with Crippen molar-refractivity contribution < 1.29 is 9.84 Å². The van der Waals surface area contributed by atoms with Gasteiger partial charge in [0.25, 0.3) is 0 Å². The summed E-state index contributed by atoms with van der Waals surface area (Å²) >= 11 is 1.69. The molecule has 1 aromatic heterocycles. The minimum absolute atomic E-state index is 0.370. The van der Waals surface area contributed by atoms with E-state index >= 15 is 0 Å². The van der Waals surface area contributed by atoms with E-state index in [1.54, 1.807) is 18.4 Å². The molecular weight excluding hydrogens is 232 g/mol. The highest BCUT2D eigenvalue weighted by Crippen LogP contribution is 2.43. The third kappa shape index (κ3) is 2.56. The number of aryl methyl sites for hydroxylation is 1. The second-order valence-electron chi connectivity index (χ2n) is 5.36. The SMILES string of the molecule is COC1(C(O)c2csc(C)c2)CCCC(C)C1. The first kappa shape index (κ1) is 13.1. The van der Waals surface area contributed by atoms with E-state index in [9.17, 15) is 5.11 Å². The molecule has 1 aliphatic rings. The van der Waals surface area contributed by atoms with E-state index in [2.05, 4.69) is 25.3 Å². The van der Waals surface area contributed by atoms with Gasteiger partial charge in [0.2, 0.25) is 0 Å². The van der Waals surface area contributed by atoms with Gasteiger partial charge in [-0.05, 0) is 42.7 Å². The zero-order chi connectivity index (χ0) is 12.5. The number of ether oxygens (including phenoxy) is 1. The van der Waals surface area contributed by atoms with Crippen LogP contribution in [-0.4, -0.2) is 17.8 Å².